The van der Waals surface area contributed by atoms with Crippen LogP contribution in [0.4, 0.5) is 0 Å². The first-order chi connectivity index (χ1) is 9.22. The van der Waals surface area contributed by atoms with Crippen molar-refractivity contribution in [2.24, 2.45) is 0 Å². The van der Waals surface area contributed by atoms with Crippen LogP contribution in [0.5, 0.6) is 0 Å². The number of aromatic amines is 1. The molecule has 3 rings (SSSR count). The molecule has 0 spiro atoms. The standard InChI is InChI=1S/C14H9ClN2OS/c15-12-6-2-4-10(8-12)9-3-1-5-11(7-9)13-16-17-14(19)18-13/h1-8H,(H,17,19). The summed E-state index contributed by atoms with van der Waals surface area (Å²) in [6.07, 6.45) is 0. The molecule has 19 heavy (non-hydrogen) atoms. The van der Waals surface area contributed by atoms with Crippen molar-refractivity contribution in [2.75, 3.05) is 0 Å². The van der Waals surface area contributed by atoms with E-state index in [4.69, 9.17) is 28.2 Å². The van der Waals surface area contributed by atoms with Crippen LogP contribution in [0.25, 0.3) is 22.6 Å². The van der Waals surface area contributed by atoms with Crippen LogP contribution in [0.3, 0.4) is 0 Å². The molecule has 0 amide bonds. The Kier molecular flexibility index (Phi) is 3.19. The van der Waals surface area contributed by atoms with Crippen LogP contribution < -0.4 is 0 Å². The zero-order chi connectivity index (χ0) is 13.2. The summed E-state index contributed by atoms with van der Waals surface area (Å²) in [6, 6.07) is 15.6. The minimum Gasteiger partial charge on any atom is -0.409 e. The highest BCUT2D eigenvalue weighted by atomic mass is 35.5. The molecule has 0 aliphatic carbocycles. The molecule has 0 fully saturated rings. The second-order valence-corrected chi connectivity index (χ2v) is 4.82. The SMILES string of the molecule is S=c1[nH]nc(-c2cccc(-c3cccc(Cl)c3)c2)o1. The first-order valence-electron chi connectivity index (χ1n) is 5.64. The topological polar surface area (TPSA) is 41.8 Å². The lowest BCUT2D eigenvalue weighted by molar-refractivity contribution is 0.552. The fourth-order valence-electron chi connectivity index (χ4n) is 1.85. The molecule has 0 atom stereocenters. The molecule has 0 saturated carbocycles. The van der Waals surface area contributed by atoms with Gasteiger partial charge in [0.1, 0.15) is 0 Å². The number of hydrogen-bond acceptors (Lipinski definition) is 3. The third-order valence-electron chi connectivity index (χ3n) is 2.71. The molecule has 0 bridgehead atoms. The monoisotopic (exact) mass is 288 g/mol. The Balaban J connectivity index is 2.07. The molecule has 94 valence electrons. The molecule has 1 aromatic heterocycles. The Morgan fingerprint density at radius 2 is 1.68 bits per heavy atom. The molecule has 1 N–H and O–H groups in total. The van der Waals surface area contributed by atoms with Gasteiger partial charge in [-0.2, -0.15) is 0 Å². The van der Waals surface area contributed by atoms with Crippen LogP contribution >= 0.6 is 23.8 Å². The van der Waals surface area contributed by atoms with Crippen LogP contribution in [-0.2, 0) is 0 Å². The summed E-state index contributed by atoms with van der Waals surface area (Å²) in [4.78, 5) is 0.267. The van der Waals surface area contributed by atoms with Crippen LogP contribution in [0.2, 0.25) is 5.02 Å². The van der Waals surface area contributed by atoms with Crippen LogP contribution in [0.1, 0.15) is 0 Å². The van der Waals surface area contributed by atoms with E-state index in [9.17, 15) is 0 Å². The van der Waals surface area contributed by atoms with Crippen molar-refractivity contribution in [3.05, 3.63) is 58.4 Å². The first kappa shape index (κ1) is 12.1. The molecule has 3 nitrogen and oxygen atoms in total. The summed E-state index contributed by atoms with van der Waals surface area (Å²) in [7, 11) is 0. The highest BCUT2D eigenvalue weighted by molar-refractivity contribution is 7.71. The van der Waals surface area contributed by atoms with Crippen LogP contribution in [0, 0.1) is 4.84 Å². The van der Waals surface area contributed by atoms with Crippen LogP contribution in [0.15, 0.2) is 52.9 Å². The Bertz CT molecular complexity index is 779. The summed E-state index contributed by atoms with van der Waals surface area (Å²) >= 11 is 10.9. The smallest absolute Gasteiger partial charge is 0.284 e. The number of halogens is 1. The molecular formula is C14H9ClN2OS. The molecular weight excluding hydrogens is 280 g/mol. The summed E-state index contributed by atoms with van der Waals surface area (Å²) in [5.41, 5.74) is 2.96. The minimum absolute atomic E-state index is 0.267. The van der Waals surface area contributed by atoms with E-state index in [1.165, 1.54) is 0 Å². The molecule has 0 saturated heterocycles. The van der Waals surface area contributed by atoms with Gasteiger partial charge in [0.05, 0.1) is 0 Å². The fraction of sp³-hybridized carbons (Fsp3) is 0. The highest BCUT2D eigenvalue weighted by Gasteiger charge is 2.06. The summed E-state index contributed by atoms with van der Waals surface area (Å²) in [6.45, 7) is 0. The molecule has 1 heterocycles. The third kappa shape index (κ3) is 2.59. The molecule has 5 heteroatoms. The summed E-state index contributed by atoms with van der Waals surface area (Å²) in [5, 5.41) is 7.34. The Morgan fingerprint density at radius 3 is 2.37 bits per heavy atom. The van der Waals surface area contributed by atoms with E-state index >= 15 is 0 Å². The van der Waals surface area contributed by atoms with E-state index in [2.05, 4.69) is 10.2 Å². The number of nitrogens with one attached hydrogen (secondary N) is 1. The van der Waals surface area contributed by atoms with E-state index < -0.39 is 0 Å². The second-order valence-electron chi connectivity index (χ2n) is 4.01. The van der Waals surface area contributed by atoms with Gasteiger partial charge >= 0.3 is 0 Å². The lowest BCUT2D eigenvalue weighted by Crippen LogP contribution is -1.81. The van der Waals surface area contributed by atoms with Gasteiger partial charge < -0.3 is 4.42 Å². The average molecular weight is 289 g/mol. The van der Waals surface area contributed by atoms with Gasteiger partial charge in [0, 0.05) is 10.6 Å². The largest absolute Gasteiger partial charge is 0.409 e. The number of aromatic nitrogens is 2. The number of hydrogen-bond donors (Lipinski definition) is 1. The number of H-pyrrole nitrogens is 1. The Labute approximate surface area is 119 Å². The van der Waals surface area contributed by atoms with Crippen molar-refractivity contribution in [1.82, 2.24) is 10.2 Å². The van der Waals surface area contributed by atoms with Gasteiger partial charge in [-0.05, 0) is 47.6 Å². The first-order valence-corrected chi connectivity index (χ1v) is 6.43. The van der Waals surface area contributed by atoms with Gasteiger partial charge in [-0.1, -0.05) is 35.9 Å². The lowest BCUT2D eigenvalue weighted by Gasteiger charge is -2.03. The van der Waals surface area contributed by atoms with E-state index in [0.717, 1.165) is 16.7 Å². The average Bonchev–Trinajstić information content (AvgIpc) is 2.86. The Morgan fingerprint density at radius 1 is 1.00 bits per heavy atom. The molecule has 3 aromatic rings. The molecule has 2 aromatic carbocycles. The van der Waals surface area contributed by atoms with Crippen molar-refractivity contribution in [3.63, 3.8) is 0 Å². The number of nitrogens with zero attached hydrogens (tertiary/aromatic N) is 1. The maximum absolute atomic E-state index is 6.01. The maximum atomic E-state index is 6.01. The fourth-order valence-corrected chi connectivity index (χ4v) is 2.17. The minimum atomic E-state index is 0.267. The van der Waals surface area contributed by atoms with E-state index in [1.54, 1.807) is 0 Å². The third-order valence-corrected chi connectivity index (χ3v) is 3.12. The van der Waals surface area contributed by atoms with Crippen molar-refractivity contribution < 1.29 is 4.42 Å². The molecule has 0 aliphatic rings. The predicted octanol–water partition coefficient (Wildman–Crippen LogP) is 4.72. The predicted molar refractivity (Wildman–Crippen MR) is 77.6 cm³/mol. The summed E-state index contributed by atoms with van der Waals surface area (Å²) < 4.78 is 5.31. The summed E-state index contributed by atoms with van der Waals surface area (Å²) in [5.74, 6) is 0.480. The molecule has 0 radical (unpaired) electrons. The van der Waals surface area contributed by atoms with Crippen LogP contribution in [-0.4, -0.2) is 10.2 Å². The maximum Gasteiger partial charge on any atom is 0.284 e. The lowest BCUT2D eigenvalue weighted by atomic mass is 10.0. The highest BCUT2D eigenvalue weighted by Crippen LogP contribution is 2.26. The van der Waals surface area contributed by atoms with Gasteiger partial charge in [-0.3, -0.25) is 0 Å². The quantitative estimate of drug-likeness (QED) is 0.694. The van der Waals surface area contributed by atoms with Gasteiger partial charge in [-0.25, -0.2) is 5.10 Å². The van der Waals surface area contributed by atoms with Gasteiger partial charge in [0.15, 0.2) is 0 Å². The Hall–Kier alpha value is -1.91. The zero-order valence-electron chi connectivity index (χ0n) is 9.76. The zero-order valence-corrected chi connectivity index (χ0v) is 11.3. The molecule has 0 unspecified atom stereocenters. The van der Waals surface area contributed by atoms with Gasteiger partial charge in [0.2, 0.25) is 5.89 Å². The van der Waals surface area contributed by atoms with E-state index in [1.807, 2.05) is 48.5 Å². The van der Waals surface area contributed by atoms with E-state index in [-0.39, 0.29) is 4.84 Å². The van der Waals surface area contributed by atoms with Gasteiger partial charge in [0.25, 0.3) is 4.84 Å². The number of rotatable bonds is 2. The normalized spacial score (nSPS) is 10.6. The van der Waals surface area contributed by atoms with Crippen molar-refractivity contribution >= 4 is 23.8 Å². The number of benzene rings is 2. The van der Waals surface area contributed by atoms with Gasteiger partial charge in [-0.15, -0.1) is 5.10 Å². The van der Waals surface area contributed by atoms with Crippen molar-refractivity contribution in [1.29, 1.82) is 0 Å². The second kappa shape index (κ2) is 4.99. The molecule has 0 aliphatic heterocycles. The van der Waals surface area contributed by atoms with E-state index in [0.29, 0.717) is 10.9 Å². The van der Waals surface area contributed by atoms with Crippen molar-refractivity contribution in [3.8, 4) is 22.6 Å². The van der Waals surface area contributed by atoms with Crippen molar-refractivity contribution in [2.45, 2.75) is 0 Å².